The standard InChI is InChI=1S/C13H26N2O/c1-15(12-4-3-9-14-10-12)11-5-7-13(16-2)8-6-11/h11-14H,3-10H2,1-2H3. The Morgan fingerprint density at radius 1 is 1.06 bits per heavy atom. The van der Waals surface area contributed by atoms with Crippen molar-refractivity contribution in [2.75, 3.05) is 27.2 Å². The van der Waals surface area contributed by atoms with E-state index in [-0.39, 0.29) is 0 Å². The molecule has 0 aromatic heterocycles. The molecule has 3 heteroatoms. The number of nitrogens with one attached hydrogen (secondary N) is 1. The van der Waals surface area contributed by atoms with Crippen LogP contribution in [0, 0.1) is 0 Å². The SMILES string of the molecule is COC1CCC(N(C)C2CCCNC2)CC1. The fourth-order valence-electron chi connectivity index (χ4n) is 3.17. The highest BCUT2D eigenvalue weighted by atomic mass is 16.5. The molecule has 0 aromatic carbocycles. The fourth-order valence-corrected chi connectivity index (χ4v) is 3.17. The minimum absolute atomic E-state index is 0.522. The molecule has 1 saturated carbocycles. The van der Waals surface area contributed by atoms with Crippen LogP contribution >= 0.6 is 0 Å². The molecule has 94 valence electrons. The van der Waals surface area contributed by atoms with Crippen molar-refractivity contribution < 1.29 is 4.74 Å². The van der Waals surface area contributed by atoms with Gasteiger partial charge >= 0.3 is 0 Å². The smallest absolute Gasteiger partial charge is 0.0572 e. The molecule has 2 rings (SSSR count). The summed E-state index contributed by atoms with van der Waals surface area (Å²) in [7, 11) is 4.16. The summed E-state index contributed by atoms with van der Waals surface area (Å²) in [6, 6.07) is 1.55. The number of rotatable bonds is 3. The molecule has 2 fully saturated rings. The summed E-state index contributed by atoms with van der Waals surface area (Å²) < 4.78 is 5.43. The van der Waals surface area contributed by atoms with Crippen LogP contribution in [0.1, 0.15) is 38.5 Å². The van der Waals surface area contributed by atoms with Crippen LogP contribution in [0.5, 0.6) is 0 Å². The molecule has 1 heterocycles. The maximum atomic E-state index is 5.43. The summed E-state index contributed by atoms with van der Waals surface area (Å²) in [5.74, 6) is 0. The van der Waals surface area contributed by atoms with Crippen LogP contribution < -0.4 is 5.32 Å². The first kappa shape index (κ1) is 12.3. The molecule has 16 heavy (non-hydrogen) atoms. The molecular formula is C13H26N2O. The van der Waals surface area contributed by atoms with Crippen LogP contribution in [-0.4, -0.2) is 50.3 Å². The van der Waals surface area contributed by atoms with Crippen molar-refractivity contribution in [3.63, 3.8) is 0 Å². The van der Waals surface area contributed by atoms with Crippen LogP contribution in [0.25, 0.3) is 0 Å². The molecule has 0 aromatic rings. The van der Waals surface area contributed by atoms with Gasteiger partial charge in [0, 0.05) is 25.7 Å². The van der Waals surface area contributed by atoms with Crippen LogP contribution in [0.2, 0.25) is 0 Å². The zero-order valence-corrected chi connectivity index (χ0v) is 10.7. The van der Waals surface area contributed by atoms with E-state index in [1.54, 1.807) is 0 Å². The van der Waals surface area contributed by atoms with E-state index in [0.29, 0.717) is 6.10 Å². The Labute approximate surface area is 99.5 Å². The van der Waals surface area contributed by atoms with Crippen LogP contribution in [0.4, 0.5) is 0 Å². The molecular weight excluding hydrogens is 200 g/mol. The summed E-state index contributed by atoms with van der Waals surface area (Å²) in [6.45, 7) is 2.39. The molecule has 1 aliphatic carbocycles. The number of ether oxygens (including phenoxy) is 1. The number of piperidine rings is 1. The topological polar surface area (TPSA) is 24.5 Å². The van der Waals surface area contributed by atoms with Gasteiger partial charge in [0.05, 0.1) is 6.10 Å². The van der Waals surface area contributed by atoms with Crippen molar-refractivity contribution in [1.29, 1.82) is 0 Å². The van der Waals surface area contributed by atoms with Gasteiger partial charge in [-0.2, -0.15) is 0 Å². The third-order valence-corrected chi connectivity index (χ3v) is 4.40. The zero-order valence-electron chi connectivity index (χ0n) is 10.7. The van der Waals surface area contributed by atoms with E-state index < -0.39 is 0 Å². The molecule has 1 aliphatic heterocycles. The van der Waals surface area contributed by atoms with E-state index >= 15 is 0 Å². The van der Waals surface area contributed by atoms with Crippen molar-refractivity contribution in [2.24, 2.45) is 0 Å². The Morgan fingerprint density at radius 2 is 1.81 bits per heavy atom. The van der Waals surface area contributed by atoms with Crippen molar-refractivity contribution in [2.45, 2.75) is 56.7 Å². The summed E-state index contributed by atoms with van der Waals surface area (Å²) in [6.07, 6.45) is 8.33. The Balaban J connectivity index is 1.78. The van der Waals surface area contributed by atoms with E-state index in [4.69, 9.17) is 4.74 Å². The molecule has 1 N–H and O–H groups in total. The Hall–Kier alpha value is -0.120. The molecule has 0 radical (unpaired) electrons. The van der Waals surface area contributed by atoms with Gasteiger partial charge < -0.3 is 10.1 Å². The minimum atomic E-state index is 0.522. The quantitative estimate of drug-likeness (QED) is 0.791. The van der Waals surface area contributed by atoms with Crippen molar-refractivity contribution >= 4 is 0 Å². The summed E-state index contributed by atoms with van der Waals surface area (Å²) in [4.78, 5) is 2.62. The Morgan fingerprint density at radius 3 is 2.38 bits per heavy atom. The van der Waals surface area contributed by atoms with Gasteiger partial charge in [0.2, 0.25) is 0 Å². The van der Waals surface area contributed by atoms with Crippen molar-refractivity contribution in [3.05, 3.63) is 0 Å². The average molecular weight is 226 g/mol. The first-order valence-electron chi connectivity index (χ1n) is 6.76. The number of likely N-dealkylation sites (N-methyl/N-ethyl adjacent to an activating group) is 1. The van der Waals surface area contributed by atoms with Gasteiger partial charge in [0.25, 0.3) is 0 Å². The van der Waals surface area contributed by atoms with Gasteiger partial charge in [0.15, 0.2) is 0 Å². The van der Waals surface area contributed by atoms with E-state index in [9.17, 15) is 0 Å². The van der Waals surface area contributed by atoms with E-state index in [2.05, 4.69) is 17.3 Å². The van der Waals surface area contributed by atoms with Gasteiger partial charge in [-0.15, -0.1) is 0 Å². The van der Waals surface area contributed by atoms with Gasteiger partial charge in [-0.3, -0.25) is 4.90 Å². The maximum Gasteiger partial charge on any atom is 0.0572 e. The average Bonchev–Trinajstić information content (AvgIpc) is 2.39. The molecule has 1 saturated heterocycles. The second-order valence-corrected chi connectivity index (χ2v) is 5.33. The Bertz CT molecular complexity index is 196. The highest BCUT2D eigenvalue weighted by Crippen LogP contribution is 2.26. The van der Waals surface area contributed by atoms with Gasteiger partial charge in [-0.25, -0.2) is 0 Å². The normalized spacial score (nSPS) is 36.6. The number of hydrogen-bond donors (Lipinski definition) is 1. The lowest BCUT2D eigenvalue weighted by Gasteiger charge is -2.40. The van der Waals surface area contributed by atoms with E-state index in [0.717, 1.165) is 12.1 Å². The van der Waals surface area contributed by atoms with Gasteiger partial charge in [-0.1, -0.05) is 0 Å². The van der Waals surface area contributed by atoms with Crippen LogP contribution in [0.15, 0.2) is 0 Å². The molecule has 1 unspecified atom stereocenters. The molecule has 2 aliphatic rings. The summed E-state index contributed by atoms with van der Waals surface area (Å²) >= 11 is 0. The number of hydrogen-bond acceptors (Lipinski definition) is 3. The predicted octanol–water partition coefficient (Wildman–Crippen LogP) is 1.63. The number of methoxy groups -OCH3 is 1. The zero-order chi connectivity index (χ0) is 11.4. The molecule has 0 amide bonds. The molecule has 1 atom stereocenters. The van der Waals surface area contributed by atoms with Crippen molar-refractivity contribution in [1.82, 2.24) is 10.2 Å². The highest BCUT2D eigenvalue weighted by molar-refractivity contribution is 4.84. The van der Waals surface area contributed by atoms with E-state index in [1.807, 2.05) is 7.11 Å². The first-order chi connectivity index (χ1) is 7.81. The molecule has 0 bridgehead atoms. The molecule has 3 nitrogen and oxygen atoms in total. The molecule has 0 spiro atoms. The predicted molar refractivity (Wildman–Crippen MR) is 66.7 cm³/mol. The third-order valence-electron chi connectivity index (χ3n) is 4.40. The third kappa shape index (κ3) is 2.96. The van der Waals surface area contributed by atoms with Crippen LogP contribution in [0.3, 0.4) is 0 Å². The summed E-state index contributed by atoms with van der Waals surface area (Å²) in [5, 5.41) is 3.51. The highest BCUT2D eigenvalue weighted by Gasteiger charge is 2.28. The maximum absolute atomic E-state index is 5.43. The summed E-state index contributed by atoms with van der Waals surface area (Å²) in [5.41, 5.74) is 0. The number of nitrogens with zero attached hydrogens (tertiary/aromatic N) is 1. The van der Waals surface area contributed by atoms with Gasteiger partial charge in [-0.05, 0) is 52.1 Å². The lowest BCUT2D eigenvalue weighted by molar-refractivity contribution is 0.0315. The Kier molecular flexibility index (Phi) is 4.62. The van der Waals surface area contributed by atoms with Crippen LogP contribution in [-0.2, 0) is 4.74 Å². The second kappa shape index (κ2) is 5.99. The van der Waals surface area contributed by atoms with Crippen molar-refractivity contribution in [3.8, 4) is 0 Å². The largest absolute Gasteiger partial charge is 0.381 e. The lowest BCUT2D eigenvalue weighted by Crippen LogP contribution is -2.49. The van der Waals surface area contributed by atoms with E-state index in [1.165, 1.54) is 51.6 Å². The minimum Gasteiger partial charge on any atom is -0.381 e. The first-order valence-corrected chi connectivity index (χ1v) is 6.76. The fraction of sp³-hybridized carbons (Fsp3) is 1.00. The monoisotopic (exact) mass is 226 g/mol. The second-order valence-electron chi connectivity index (χ2n) is 5.33. The van der Waals surface area contributed by atoms with Gasteiger partial charge in [0.1, 0.15) is 0 Å². The lowest BCUT2D eigenvalue weighted by atomic mass is 9.90.